The Morgan fingerprint density at radius 3 is 2.29 bits per heavy atom. The number of carbonyl (C=O) groups excluding carboxylic acids is 1. The van der Waals surface area contributed by atoms with E-state index in [2.05, 4.69) is 19.6 Å². The van der Waals surface area contributed by atoms with Gasteiger partial charge in [-0.15, -0.1) is 0 Å². The third-order valence-corrected chi connectivity index (χ3v) is 2.74. The van der Waals surface area contributed by atoms with Crippen molar-refractivity contribution in [3.63, 3.8) is 0 Å². The summed E-state index contributed by atoms with van der Waals surface area (Å²) in [6, 6.07) is 9.26. The lowest BCUT2D eigenvalue weighted by atomic mass is 10.1. The molecule has 0 unspecified atom stereocenters. The van der Waals surface area contributed by atoms with Gasteiger partial charge in [-0.2, -0.15) is 0 Å². The van der Waals surface area contributed by atoms with Crippen LogP contribution in [-0.4, -0.2) is 20.7 Å². The molecular weight excluding hydrogens is 192 g/mol. The van der Waals surface area contributed by atoms with Crippen LogP contribution in [0.1, 0.15) is 10.4 Å². The first kappa shape index (κ1) is 11.1. The van der Waals surface area contributed by atoms with Crippen LogP contribution in [0.4, 0.5) is 0 Å². The molecule has 0 spiro atoms. The minimum absolute atomic E-state index is 0.0630. The lowest BCUT2D eigenvalue weighted by Crippen LogP contribution is -2.28. The largest absolute Gasteiger partial charge is 0.410 e. The lowest BCUT2D eigenvalue weighted by molar-refractivity contribution is 0.0916. The standard InChI is InChI=1S/C11H16O2Si/c1-14(2,3)13-9-11(12)10-7-5-4-6-8-10/h4-8H,9H2,1-3H3. The average Bonchev–Trinajstić information content (AvgIpc) is 2.14. The summed E-state index contributed by atoms with van der Waals surface area (Å²) in [4.78, 5) is 11.6. The minimum atomic E-state index is -1.57. The van der Waals surface area contributed by atoms with Crippen molar-refractivity contribution in [2.24, 2.45) is 0 Å². The van der Waals surface area contributed by atoms with E-state index in [9.17, 15) is 4.79 Å². The van der Waals surface area contributed by atoms with Crippen LogP contribution in [0.5, 0.6) is 0 Å². The van der Waals surface area contributed by atoms with Gasteiger partial charge in [0.25, 0.3) is 0 Å². The molecule has 0 heterocycles. The highest BCUT2D eigenvalue weighted by Gasteiger charge is 2.16. The molecule has 76 valence electrons. The molecular formula is C11H16O2Si. The summed E-state index contributed by atoms with van der Waals surface area (Å²) in [5.41, 5.74) is 0.728. The molecule has 2 nitrogen and oxygen atoms in total. The van der Waals surface area contributed by atoms with Gasteiger partial charge in [-0.05, 0) is 19.6 Å². The summed E-state index contributed by atoms with van der Waals surface area (Å²) in [6.45, 7) is 6.43. The fraction of sp³-hybridized carbons (Fsp3) is 0.364. The normalized spacial score (nSPS) is 11.4. The quantitative estimate of drug-likeness (QED) is 0.562. The Morgan fingerprint density at radius 1 is 1.21 bits per heavy atom. The molecule has 0 aromatic heterocycles. The molecule has 0 radical (unpaired) electrons. The maximum absolute atomic E-state index is 11.6. The minimum Gasteiger partial charge on any atom is -0.410 e. The third-order valence-electron chi connectivity index (χ3n) is 1.73. The number of carbonyl (C=O) groups is 1. The van der Waals surface area contributed by atoms with E-state index in [0.717, 1.165) is 5.56 Å². The van der Waals surface area contributed by atoms with Crippen LogP contribution < -0.4 is 0 Å². The number of hydrogen-bond acceptors (Lipinski definition) is 2. The molecule has 0 aliphatic heterocycles. The highest BCUT2D eigenvalue weighted by molar-refractivity contribution is 6.69. The van der Waals surface area contributed by atoms with Crippen molar-refractivity contribution in [1.29, 1.82) is 0 Å². The summed E-state index contributed by atoms with van der Waals surface area (Å²) in [5.74, 6) is 0.0630. The lowest BCUT2D eigenvalue weighted by Gasteiger charge is -2.16. The summed E-state index contributed by atoms with van der Waals surface area (Å²) in [6.07, 6.45) is 0. The van der Waals surface area contributed by atoms with E-state index in [1.54, 1.807) is 0 Å². The maximum Gasteiger partial charge on any atom is 0.187 e. The molecule has 0 amide bonds. The van der Waals surface area contributed by atoms with Gasteiger partial charge in [0, 0.05) is 5.56 Å². The fourth-order valence-corrected chi connectivity index (χ4v) is 1.55. The fourth-order valence-electron chi connectivity index (χ4n) is 0.989. The summed E-state index contributed by atoms with van der Waals surface area (Å²) in [5, 5.41) is 0. The van der Waals surface area contributed by atoms with Gasteiger partial charge < -0.3 is 4.43 Å². The van der Waals surface area contributed by atoms with Gasteiger partial charge in [0.2, 0.25) is 0 Å². The second kappa shape index (κ2) is 4.53. The highest BCUT2D eigenvalue weighted by atomic mass is 28.4. The van der Waals surface area contributed by atoms with Gasteiger partial charge in [-0.3, -0.25) is 4.79 Å². The van der Waals surface area contributed by atoms with Gasteiger partial charge in [0.05, 0.1) is 6.61 Å². The zero-order chi connectivity index (χ0) is 10.6. The molecule has 1 rings (SSSR count). The van der Waals surface area contributed by atoms with Crippen LogP contribution in [0.25, 0.3) is 0 Å². The maximum atomic E-state index is 11.6. The number of ketones is 1. The molecule has 0 atom stereocenters. The van der Waals surface area contributed by atoms with Gasteiger partial charge in [-0.25, -0.2) is 0 Å². The Bertz CT molecular complexity index is 301. The molecule has 14 heavy (non-hydrogen) atoms. The number of benzene rings is 1. The third kappa shape index (κ3) is 3.85. The smallest absolute Gasteiger partial charge is 0.187 e. The molecule has 0 saturated heterocycles. The topological polar surface area (TPSA) is 26.3 Å². The van der Waals surface area contributed by atoms with Gasteiger partial charge in [0.1, 0.15) is 0 Å². The number of Topliss-reactive ketones (excluding diaryl/α,β-unsaturated/α-hetero) is 1. The summed E-state index contributed by atoms with van der Waals surface area (Å²) >= 11 is 0. The van der Waals surface area contributed by atoms with Crippen LogP contribution in [-0.2, 0) is 4.43 Å². The van der Waals surface area contributed by atoms with Crippen molar-refractivity contribution in [2.75, 3.05) is 6.61 Å². The molecule has 0 saturated carbocycles. The Morgan fingerprint density at radius 2 is 1.79 bits per heavy atom. The molecule has 0 bridgehead atoms. The zero-order valence-electron chi connectivity index (χ0n) is 8.91. The Balaban J connectivity index is 2.52. The number of hydrogen-bond donors (Lipinski definition) is 0. The Hall–Kier alpha value is -0.933. The molecule has 0 fully saturated rings. The first-order valence-electron chi connectivity index (χ1n) is 4.71. The molecule has 0 aliphatic carbocycles. The molecule has 3 heteroatoms. The van der Waals surface area contributed by atoms with Crippen molar-refractivity contribution >= 4 is 14.1 Å². The van der Waals surface area contributed by atoms with Gasteiger partial charge in [-0.1, -0.05) is 30.3 Å². The summed E-state index contributed by atoms with van der Waals surface area (Å²) < 4.78 is 5.53. The van der Waals surface area contributed by atoms with E-state index < -0.39 is 8.32 Å². The number of rotatable bonds is 4. The van der Waals surface area contributed by atoms with Crippen LogP contribution in [0, 0.1) is 0 Å². The molecule has 1 aromatic carbocycles. The predicted octanol–water partition coefficient (Wildman–Crippen LogP) is 2.72. The molecule has 0 N–H and O–H groups in total. The first-order valence-corrected chi connectivity index (χ1v) is 8.12. The second-order valence-electron chi connectivity index (χ2n) is 4.19. The van der Waals surface area contributed by atoms with Crippen molar-refractivity contribution in [3.05, 3.63) is 35.9 Å². The summed E-state index contributed by atoms with van der Waals surface area (Å²) in [7, 11) is -1.57. The average molecular weight is 208 g/mol. The van der Waals surface area contributed by atoms with Crippen LogP contribution >= 0.6 is 0 Å². The predicted molar refractivity (Wildman–Crippen MR) is 60.1 cm³/mol. The first-order chi connectivity index (χ1) is 6.49. The molecule has 1 aromatic rings. The van der Waals surface area contributed by atoms with E-state index in [-0.39, 0.29) is 12.4 Å². The van der Waals surface area contributed by atoms with Gasteiger partial charge >= 0.3 is 0 Å². The van der Waals surface area contributed by atoms with E-state index in [1.807, 2.05) is 30.3 Å². The van der Waals surface area contributed by atoms with Crippen molar-refractivity contribution in [1.82, 2.24) is 0 Å². The van der Waals surface area contributed by atoms with Crippen LogP contribution in [0.3, 0.4) is 0 Å². The van der Waals surface area contributed by atoms with Crippen LogP contribution in [0.15, 0.2) is 30.3 Å². The van der Waals surface area contributed by atoms with Crippen molar-refractivity contribution < 1.29 is 9.22 Å². The SMILES string of the molecule is C[Si](C)(C)OCC(=O)c1ccccc1. The second-order valence-corrected chi connectivity index (χ2v) is 8.70. The van der Waals surface area contributed by atoms with Gasteiger partial charge in [0.15, 0.2) is 14.1 Å². The van der Waals surface area contributed by atoms with E-state index >= 15 is 0 Å². The van der Waals surface area contributed by atoms with E-state index in [4.69, 9.17) is 4.43 Å². The Kier molecular flexibility index (Phi) is 3.60. The van der Waals surface area contributed by atoms with Crippen molar-refractivity contribution in [2.45, 2.75) is 19.6 Å². The van der Waals surface area contributed by atoms with E-state index in [0.29, 0.717) is 0 Å². The Labute approximate surface area is 86.0 Å². The molecule has 0 aliphatic rings. The van der Waals surface area contributed by atoms with E-state index in [1.165, 1.54) is 0 Å². The van der Waals surface area contributed by atoms with Crippen molar-refractivity contribution in [3.8, 4) is 0 Å². The zero-order valence-corrected chi connectivity index (χ0v) is 9.91. The van der Waals surface area contributed by atoms with Crippen LogP contribution in [0.2, 0.25) is 19.6 Å². The highest BCUT2D eigenvalue weighted by Crippen LogP contribution is 2.05. The monoisotopic (exact) mass is 208 g/mol.